The molecule has 0 heterocycles. The van der Waals surface area contributed by atoms with Crippen LogP contribution in [0.25, 0.3) is 0 Å². The molecule has 0 N–H and O–H groups in total. The molecule has 0 amide bonds. The Bertz CT molecular complexity index is 264. The van der Waals surface area contributed by atoms with E-state index in [-0.39, 0.29) is 0 Å². The number of benzene rings is 1. The molecule has 1 aromatic rings. The van der Waals surface area contributed by atoms with E-state index in [1.54, 1.807) is 12.1 Å². The second kappa shape index (κ2) is 2.96. The van der Waals surface area contributed by atoms with Crippen LogP contribution in [0.3, 0.4) is 0 Å². The van der Waals surface area contributed by atoms with Crippen molar-refractivity contribution in [2.75, 3.05) is 0 Å². The van der Waals surface area contributed by atoms with Gasteiger partial charge in [0.2, 0.25) is 0 Å². The van der Waals surface area contributed by atoms with Gasteiger partial charge in [-0.1, -0.05) is 29.1 Å². The number of terminal acetylenes is 1. The van der Waals surface area contributed by atoms with Gasteiger partial charge in [-0.3, -0.25) is 0 Å². The van der Waals surface area contributed by atoms with E-state index in [9.17, 15) is 0 Å². The fourth-order valence-corrected chi connectivity index (χ4v) is 1.07. The van der Waals surface area contributed by atoms with E-state index in [1.165, 1.54) is 0 Å². The summed E-state index contributed by atoms with van der Waals surface area (Å²) in [6, 6.07) is 5.94. The van der Waals surface area contributed by atoms with Crippen LogP contribution in [-0.4, -0.2) is 0 Å². The summed E-state index contributed by atoms with van der Waals surface area (Å²) >= 11 is 11.2. The van der Waals surface area contributed by atoms with E-state index < -0.39 is 0 Å². The van der Waals surface area contributed by atoms with E-state index >= 15 is 0 Å². The fourth-order valence-electron chi connectivity index (χ4n) is 0.584. The Morgan fingerprint density at radius 2 is 1.80 bits per heavy atom. The predicted molar refractivity (Wildman–Crippen MR) is 43.2 cm³/mol. The minimum Gasteiger partial charge on any atom is -0.115 e. The van der Waals surface area contributed by atoms with Gasteiger partial charge in [-0.2, -0.15) is 0 Å². The van der Waals surface area contributed by atoms with Crippen LogP contribution < -0.4 is 0 Å². The Balaban J connectivity index is 3.22. The van der Waals surface area contributed by atoms with Gasteiger partial charge in [-0.15, -0.1) is 6.42 Å². The van der Waals surface area contributed by atoms with Crippen LogP contribution in [0.4, 0.5) is 0 Å². The first-order chi connectivity index (χ1) is 4.72. The molecule has 1 aromatic carbocycles. The summed E-state index contributed by atoms with van der Waals surface area (Å²) in [4.78, 5) is 0. The van der Waals surface area contributed by atoms with Crippen LogP contribution in [0.1, 0.15) is 5.56 Å². The van der Waals surface area contributed by atoms with Crippen molar-refractivity contribution in [3.63, 3.8) is 0 Å². The number of hydrogen-bond acceptors (Lipinski definition) is 0. The van der Waals surface area contributed by atoms with Gasteiger partial charge in [-0.25, -0.2) is 0 Å². The highest BCUT2D eigenvalue weighted by molar-refractivity contribution is 6.34. The van der Waals surface area contributed by atoms with Gasteiger partial charge in [0.25, 0.3) is 0 Å². The van der Waals surface area contributed by atoms with Crippen molar-refractivity contribution < 1.29 is 0 Å². The summed E-state index contributed by atoms with van der Waals surface area (Å²) in [6.07, 6.45) is 5.11. The summed E-state index contributed by atoms with van der Waals surface area (Å²) < 4.78 is 0. The molecular weight excluding hydrogens is 167 g/mol. The van der Waals surface area contributed by atoms with Gasteiger partial charge < -0.3 is 0 Å². The van der Waals surface area contributed by atoms with Gasteiger partial charge in [0.05, 0.1) is 10.0 Å². The first kappa shape index (κ1) is 7.47. The lowest BCUT2D eigenvalue weighted by Crippen LogP contribution is -1.73. The normalized spacial score (nSPS) is 8.90. The topological polar surface area (TPSA) is 0 Å². The Morgan fingerprint density at radius 3 is 2.20 bits per heavy atom. The standard InChI is InChI=1S/C8H3Cl2/c1-2-6-3-7(9)5-8(10)4-6/h1,3-4H. The van der Waals surface area contributed by atoms with Crippen molar-refractivity contribution in [1.29, 1.82) is 0 Å². The van der Waals surface area contributed by atoms with Crippen LogP contribution in [0, 0.1) is 18.4 Å². The molecule has 0 unspecified atom stereocenters. The minimum atomic E-state index is 0.445. The predicted octanol–water partition coefficient (Wildman–Crippen LogP) is 2.77. The van der Waals surface area contributed by atoms with Crippen LogP contribution in [0.2, 0.25) is 10.0 Å². The lowest BCUT2D eigenvalue weighted by Gasteiger charge is -1.92. The molecule has 1 radical (unpaired) electrons. The Morgan fingerprint density at radius 1 is 1.30 bits per heavy atom. The maximum atomic E-state index is 5.59. The third-order valence-corrected chi connectivity index (χ3v) is 1.38. The molecule has 0 aliphatic heterocycles. The molecule has 0 nitrogen and oxygen atoms in total. The molecule has 0 spiro atoms. The summed E-state index contributed by atoms with van der Waals surface area (Å²) in [6.45, 7) is 0. The van der Waals surface area contributed by atoms with Gasteiger partial charge in [-0.05, 0) is 12.1 Å². The third kappa shape index (κ3) is 1.67. The van der Waals surface area contributed by atoms with Crippen LogP contribution in [-0.2, 0) is 0 Å². The zero-order valence-corrected chi connectivity index (χ0v) is 6.50. The largest absolute Gasteiger partial charge is 0.115 e. The maximum Gasteiger partial charge on any atom is 0.0512 e. The van der Waals surface area contributed by atoms with Gasteiger partial charge in [0, 0.05) is 11.6 Å². The smallest absolute Gasteiger partial charge is 0.0512 e. The molecule has 0 fully saturated rings. The lowest BCUT2D eigenvalue weighted by atomic mass is 10.2. The van der Waals surface area contributed by atoms with Crippen molar-refractivity contribution in [2.45, 2.75) is 0 Å². The second-order valence-corrected chi connectivity index (χ2v) is 2.52. The van der Waals surface area contributed by atoms with Gasteiger partial charge in [0.1, 0.15) is 0 Å². The second-order valence-electron chi connectivity index (χ2n) is 1.71. The van der Waals surface area contributed by atoms with E-state index in [2.05, 4.69) is 12.0 Å². The molecule has 0 aliphatic rings. The summed E-state index contributed by atoms with van der Waals surface area (Å²) in [7, 11) is 0. The maximum absolute atomic E-state index is 5.59. The van der Waals surface area contributed by atoms with Crippen LogP contribution in [0.5, 0.6) is 0 Å². The highest BCUT2D eigenvalue weighted by atomic mass is 35.5. The molecule has 0 saturated heterocycles. The highest BCUT2D eigenvalue weighted by Gasteiger charge is 1.94. The Kier molecular flexibility index (Phi) is 2.21. The van der Waals surface area contributed by atoms with E-state index in [0.29, 0.717) is 15.6 Å². The third-order valence-electron chi connectivity index (χ3n) is 0.970. The Labute approximate surface area is 69.8 Å². The van der Waals surface area contributed by atoms with Crippen molar-refractivity contribution in [3.05, 3.63) is 33.8 Å². The molecule has 0 aromatic heterocycles. The van der Waals surface area contributed by atoms with Crippen molar-refractivity contribution in [1.82, 2.24) is 0 Å². The average molecular weight is 170 g/mol. The van der Waals surface area contributed by atoms with E-state index in [1.807, 2.05) is 0 Å². The summed E-state index contributed by atoms with van der Waals surface area (Å²) in [5.41, 5.74) is 0.675. The zero-order chi connectivity index (χ0) is 7.56. The summed E-state index contributed by atoms with van der Waals surface area (Å²) in [5, 5.41) is 0.890. The van der Waals surface area contributed by atoms with Crippen molar-refractivity contribution >= 4 is 23.2 Å². The first-order valence-electron chi connectivity index (χ1n) is 2.57. The minimum absolute atomic E-state index is 0.445. The molecule has 2 heteroatoms. The zero-order valence-electron chi connectivity index (χ0n) is 4.99. The molecule has 10 heavy (non-hydrogen) atoms. The Hall–Kier alpha value is -0.640. The molecular formula is C8H3Cl2. The molecule has 1 rings (SSSR count). The van der Waals surface area contributed by atoms with Gasteiger partial charge >= 0.3 is 0 Å². The SMILES string of the molecule is C#Cc1cc(Cl)[c]c(Cl)c1. The molecule has 0 bridgehead atoms. The average Bonchev–Trinajstić information content (AvgIpc) is 1.85. The molecule has 0 saturated carbocycles. The first-order valence-corrected chi connectivity index (χ1v) is 3.33. The highest BCUT2D eigenvalue weighted by Crippen LogP contribution is 2.16. The number of halogens is 2. The quantitative estimate of drug-likeness (QED) is 0.525. The van der Waals surface area contributed by atoms with E-state index in [0.717, 1.165) is 0 Å². The molecule has 49 valence electrons. The number of rotatable bonds is 0. The van der Waals surface area contributed by atoms with Crippen LogP contribution in [0.15, 0.2) is 12.1 Å². The van der Waals surface area contributed by atoms with Crippen molar-refractivity contribution in [3.8, 4) is 12.3 Å². The number of hydrogen-bond donors (Lipinski definition) is 0. The lowest BCUT2D eigenvalue weighted by molar-refractivity contribution is 1.63. The molecule has 0 atom stereocenters. The van der Waals surface area contributed by atoms with E-state index in [4.69, 9.17) is 29.6 Å². The van der Waals surface area contributed by atoms with Crippen molar-refractivity contribution in [2.24, 2.45) is 0 Å². The molecule has 0 aliphatic carbocycles. The van der Waals surface area contributed by atoms with Gasteiger partial charge in [0.15, 0.2) is 0 Å². The fraction of sp³-hybridized carbons (Fsp3) is 0. The van der Waals surface area contributed by atoms with Crippen LogP contribution >= 0.6 is 23.2 Å². The summed E-state index contributed by atoms with van der Waals surface area (Å²) in [5.74, 6) is 2.42. The monoisotopic (exact) mass is 169 g/mol.